The number of amides is 1. The number of sulfonamides is 2. The molecule has 71 heavy (non-hydrogen) atoms. The SMILES string of the molecule is COC(OC)OC.Cc1cnc(-c2nncn2-c2ccn[nH]2)c(NS(=O)(=O)c2ccc(Cl)c(C(F)(F)F)c2)c1.Cc1cnc(C(=O)NN)c(NS(=O)(=O)c2ccc(Cl)c(C(F)(F)F)c2)c1.Nc1ccn[nH]1. The largest absolute Gasteiger partial charge is 0.417 e. The third-order valence-electron chi connectivity index (χ3n) is 8.60. The van der Waals surface area contributed by atoms with Crippen molar-refractivity contribution < 1.29 is 62.2 Å². The Hall–Kier alpha value is -6.93. The summed E-state index contributed by atoms with van der Waals surface area (Å²) >= 11 is 11.1. The summed E-state index contributed by atoms with van der Waals surface area (Å²) in [5.41, 5.74) is 5.03. The number of aromatic amines is 2. The number of nitrogens with zero attached hydrogens (tertiary/aromatic N) is 7. The van der Waals surface area contributed by atoms with Crippen molar-refractivity contribution in [1.82, 2.24) is 50.6 Å². The number of halogens is 8. The summed E-state index contributed by atoms with van der Waals surface area (Å²) in [5, 5.41) is 19.2. The van der Waals surface area contributed by atoms with Gasteiger partial charge in [-0.05, 0) is 79.6 Å². The molecule has 0 spiro atoms. The van der Waals surface area contributed by atoms with Crippen molar-refractivity contribution in [3.63, 3.8) is 0 Å². The van der Waals surface area contributed by atoms with Crippen LogP contribution in [0.1, 0.15) is 32.7 Å². The molecule has 0 aliphatic rings. The molecule has 22 nitrogen and oxygen atoms in total. The van der Waals surface area contributed by atoms with Crippen LogP contribution in [0.3, 0.4) is 0 Å². The molecule has 382 valence electrons. The second-order valence-electron chi connectivity index (χ2n) is 13.8. The van der Waals surface area contributed by atoms with Crippen molar-refractivity contribution in [1.29, 1.82) is 0 Å². The quantitative estimate of drug-likeness (QED) is 0.0226. The number of rotatable bonds is 12. The number of benzene rings is 2. The molecule has 1 amide bonds. The third-order valence-corrected chi connectivity index (χ3v) is 12.0. The van der Waals surface area contributed by atoms with Crippen LogP contribution in [0.5, 0.6) is 0 Å². The Labute approximate surface area is 409 Å². The highest BCUT2D eigenvalue weighted by molar-refractivity contribution is 7.93. The first-order valence-corrected chi connectivity index (χ1v) is 22.9. The van der Waals surface area contributed by atoms with Crippen LogP contribution in [0.15, 0.2) is 102 Å². The van der Waals surface area contributed by atoms with Gasteiger partial charge < -0.3 is 19.9 Å². The van der Waals surface area contributed by atoms with E-state index in [0.717, 1.165) is 24.3 Å². The normalized spacial score (nSPS) is 11.6. The molecule has 32 heteroatoms. The first-order chi connectivity index (χ1) is 33.3. The summed E-state index contributed by atoms with van der Waals surface area (Å²) in [5.74, 6) is 5.41. The maximum atomic E-state index is 13.2. The lowest BCUT2D eigenvalue weighted by atomic mass is 10.2. The summed E-state index contributed by atoms with van der Waals surface area (Å²) in [6.07, 6.45) is -2.39. The van der Waals surface area contributed by atoms with Crippen LogP contribution in [-0.4, -0.2) is 95.7 Å². The van der Waals surface area contributed by atoms with Gasteiger partial charge in [0.25, 0.3) is 32.4 Å². The van der Waals surface area contributed by atoms with E-state index in [1.165, 1.54) is 62.9 Å². The molecule has 0 saturated carbocycles. The van der Waals surface area contributed by atoms with Gasteiger partial charge in [-0.3, -0.25) is 39.4 Å². The van der Waals surface area contributed by atoms with E-state index in [9.17, 15) is 48.0 Å². The summed E-state index contributed by atoms with van der Waals surface area (Å²) < 4.78 is 149. The topological polar surface area (TPSA) is 315 Å². The number of carbonyl (C=O) groups is 1. The van der Waals surface area contributed by atoms with E-state index in [2.05, 4.69) is 59.5 Å². The van der Waals surface area contributed by atoms with Crippen molar-refractivity contribution in [3.8, 4) is 17.3 Å². The van der Waals surface area contributed by atoms with Gasteiger partial charge in [0.15, 0.2) is 11.5 Å². The minimum atomic E-state index is -4.84. The maximum absolute atomic E-state index is 13.2. The smallest absolute Gasteiger partial charge is 0.384 e. The van der Waals surface area contributed by atoms with E-state index >= 15 is 0 Å². The monoisotopic (exact) mass is 1080 g/mol. The Morgan fingerprint density at radius 2 is 1.23 bits per heavy atom. The summed E-state index contributed by atoms with van der Waals surface area (Å²) in [7, 11) is -4.36. The van der Waals surface area contributed by atoms with E-state index in [-0.39, 0.29) is 28.6 Å². The zero-order chi connectivity index (χ0) is 52.9. The molecule has 0 saturated heterocycles. The van der Waals surface area contributed by atoms with E-state index in [4.69, 9.17) is 34.8 Å². The Morgan fingerprint density at radius 3 is 1.65 bits per heavy atom. The highest BCUT2D eigenvalue weighted by atomic mass is 35.5. The Kier molecular flexibility index (Phi) is 19.4. The lowest BCUT2D eigenvalue weighted by molar-refractivity contribution is -0.252. The number of H-pyrrole nitrogens is 2. The van der Waals surface area contributed by atoms with Crippen molar-refractivity contribution >= 4 is 66.3 Å². The summed E-state index contributed by atoms with van der Waals surface area (Å²) in [6, 6.07) is 10.6. The molecule has 0 unspecified atom stereocenters. The molecule has 0 aliphatic carbocycles. The Bertz CT molecular complexity index is 3100. The Balaban J connectivity index is 0.000000249. The van der Waals surface area contributed by atoms with Gasteiger partial charge in [-0.1, -0.05) is 23.2 Å². The van der Waals surface area contributed by atoms with E-state index in [1.54, 1.807) is 37.6 Å². The number of hydrogen-bond acceptors (Lipinski definition) is 16. The van der Waals surface area contributed by atoms with Gasteiger partial charge in [-0.25, -0.2) is 27.7 Å². The first kappa shape index (κ1) is 56.7. The van der Waals surface area contributed by atoms with Crippen LogP contribution in [0.25, 0.3) is 17.3 Å². The molecule has 2 aromatic carbocycles. The molecule has 0 atom stereocenters. The number of nitrogens with one attached hydrogen (secondary N) is 5. The number of ether oxygens (including phenoxy) is 3. The van der Waals surface area contributed by atoms with Gasteiger partial charge >= 0.3 is 12.4 Å². The number of nitrogen functional groups attached to an aromatic ring is 2. The van der Waals surface area contributed by atoms with E-state index in [0.29, 0.717) is 34.9 Å². The number of aromatic nitrogens is 9. The number of alkyl halides is 6. The zero-order valence-electron chi connectivity index (χ0n) is 37.1. The van der Waals surface area contributed by atoms with Crippen molar-refractivity contribution in [2.75, 3.05) is 36.5 Å². The molecular weight excluding hydrogens is 1040 g/mol. The maximum Gasteiger partial charge on any atom is 0.417 e. The molecule has 7 rings (SSSR count). The minimum Gasteiger partial charge on any atom is -0.384 e. The number of anilines is 3. The molecule has 0 aliphatic heterocycles. The molecule has 9 N–H and O–H groups in total. The molecular formula is C39H40Cl2F6N14O8S2. The highest BCUT2D eigenvalue weighted by Crippen LogP contribution is 2.38. The second-order valence-corrected chi connectivity index (χ2v) is 17.9. The van der Waals surface area contributed by atoms with Crippen molar-refractivity contribution in [2.45, 2.75) is 42.5 Å². The Morgan fingerprint density at radius 1 is 0.732 bits per heavy atom. The molecule has 5 heterocycles. The van der Waals surface area contributed by atoms with Gasteiger partial charge in [-0.2, -0.15) is 36.5 Å². The van der Waals surface area contributed by atoms with Crippen molar-refractivity contribution in [3.05, 3.63) is 130 Å². The average Bonchev–Trinajstić information content (AvgIpc) is 4.11. The molecule has 7 aromatic rings. The van der Waals surface area contributed by atoms with Crippen LogP contribution in [0, 0.1) is 13.8 Å². The minimum absolute atomic E-state index is 0.00211. The lowest BCUT2D eigenvalue weighted by Gasteiger charge is -2.15. The molecule has 0 fully saturated rings. The number of hydrazine groups is 1. The third kappa shape index (κ3) is 15.5. The predicted molar refractivity (Wildman–Crippen MR) is 244 cm³/mol. The molecule has 5 aromatic heterocycles. The fourth-order valence-electron chi connectivity index (χ4n) is 5.42. The van der Waals surface area contributed by atoms with Crippen LogP contribution < -0.4 is 26.4 Å². The fourth-order valence-corrected chi connectivity index (χ4v) is 8.03. The van der Waals surface area contributed by atoms with Crippen LogP contribution in [-0.2, 0) is 46.6 Å². The van der Waals surface area contributed by atoms with Gasteiger partial charge in [-0.15, -0.1) is 10.2 Å². The zero-order valence-corrected chi connectivity index (χ0v) is 40.3. The van der Waals surface area contributed by atoms with Gasteiger partial charge in [0.2, 0.25) is 0 Å². The van der Waals surface area contributed by atoms with Gasteiger partial charge in [0.05, 0.1) is 54.7 Å². The van der Waals surface area contributed by atoms with E-state index in [1.807, 2.05) is 4.72 Å². The standard InChI is InChI=1S/C18H13ClF3N7O2S.C14H12ClF3N4O3S.C4H10O3.C3H5N3/c1-10-6-14(16(23-8-10)17-27-25-9-29(17)15-4-5-24-26-15)28-32(30,31)11-2-3-13(19)12(7-11)18(20,21)22;1-7-4-11(12(20-6-7)13(23)21-19)22-26(24,25)8-2-3-10(15)9(5-8)14(16,17)18;1-5-4(6-2)7-3;4-3-1-2-5-6-3/h2-9,28H,1H3,(H,24,26);2-6,22H,19H2,1H3,(H,21,23);4H,1-3H3;1-2H,(H3,4,5,6). The summed E-state index contributed by atoms with van der Waals surface area (Å²) in [6.45, 7) is 2.75. The number of hydrogen-bond donors (Lipinski definition) is 7. The van der Waals surface area contributed by atoms with Crippen LogP contribution in [0.4, 0.5) is 43.5 Å². The fraction of sp³-hybridized carbons (Fsp3) is 0.205. The number of carbonyl (C=O) groups excluding carboxylic acids is 1. The highest BCUT2D eigenvalue weighted by Gasteiger charge is 2.36. The number of pyridine rings is 2. The van der Waals surface area contributed by atoms with Crippen LogP contribution in [0.2, 0.25) is 10.0 Å². The molecule has 0 bridgehead atoms. The van der Waals surface area contributed by atoms with E-state index < -0.39 is 75.7 Å². The lowest BCUT2D eigenvalue weighted by Crippen LogP contribution is -2.32. The number of nitrogens with two attached hydrogens (primary N) is 2. The second kappa shape index (κ2) is 24.3. The average molecular weight is 1080 g/mol. The number of aryl methyl sites for hydroxylation is 2. The molecule has 0 radical (unpaired) electrons. The van der Waals surface area contributed by atoms with Crippen LogP contribution >= 0.6 is 23.2 Å². The predicted octanol–water partition coefficient (Wildman–Crippen LogP) is 6.50. The van der Waals surface area contributed by atoms with Gasteiger partial charge in [0.1, 0.15) is 23.7 Å². The van der Waals surface area contributed by atoms with Gasteiger partial charge in [0, 0.05) is 39.8 Å². The van der Waals surface area contributed by atoms with Crippen molar-refractivity contribution in [2.24, 2.45) is 5.84 Å². The first-order valence-electron chi connectivity index (χ1n) is 19.2. The summed E-state index contributed by atoms with van der Waals surface area (Å²) in [4.78, 5) is 18.4. The number of methoxy groups -OCH3 is 3.